The molecule has 0 aromatic rings. The first-order chi connectivity index (χ1) is 6.75. The third-order valence-electron chi connectivity index (χ3n) is 3.26. The van der Waals surface area contributed by atoms with Crippen LogP contribution < -0.4 is 10.6 Å². The van der Waals surface area contributed by atoms with E-state index in [1.54, 1.807) is 0 Å². The van der Waals surface area contributed by atoms with E-state index in [1.807, 2.05) is 0 Å². The topological polar surface area (TPSA) is 41.1 Å². The Bertz CT molecular complexity index is 219. The number of carbonyl (C=O) groups is 1. The molecule has 4 heteroatoms. The van der Waals surface area contributed by atoms with Crippen LogP contribution in [0.1, 0.15) is 32.6 Å². The molecule has 3 nitrogen and oxygen atoms in total. The minimum absolute atomic E-state index is 0. The van der Waals surface area contributed by atoms with Gasteiger partial charge in [-0.1, -0.05) is 0 Å². The van der Waals surface area contributed by atoms with Gasteiger partial charge in [0.15, 0.2) is 0 Å². The summed E-state index contributed by atoms with van der Waals surface area (Å²) in [5.74, 6) is 1.33. The van der Waals surface area contributed by atoms with E-state index in [0.29, 0.717) is 6.04 Å². The van der Waals surface area contributed by atoms with E-state index in [2.05, 4.69) is 17.6 Å². The Kier molecular flexibility index (Phi) is 4.87. The van der Waals surface area contributed by atoms with Crippen molar-refractivity contribution in [2.75, 3.05) is 13.1 Å². The molecule has 1 aliphatic carbocycles. The molecule has 0 spiro atoms. The van der Waals surface area contributed by atoms with Gasteiger partial charge in [-0.2, -0.15) is 0 Å². The smallest absolute Gasteiger partial charge is 0.223 e. The Labute approximate surface area is 97.8 Å². The Morgan fingerprint density at radius 3 is 2.73 bits per heavy atom. The highest BCUT2D eigenvalue weighted by molar-refractivity contribution is 5.85. The van der Waals surface area contributed by atoms with Gasteiger partial charge in [-0.05, 0) is 45.1 Å². The number of carbonyl (C=O) groups excluding carboxylic acids is 1. The molecular weight excluding hydrogens is 212 g/mol. The molecule has 2 rings (SSSR count). The van der Waals surface area contributed by atoms with Crippen LogP contribution in [0, 0.1) is 11.8 Å². The average Bonchev–Trinajstić information content (AvgIpc) is 2.97. The zero-order valence-corrected chi connectivity index (χ0v) is 10.1. The highest BCUT2D eigenvalue weighted by Gasteiger charge is 2.27. The fourth-order valence-corrected chi connectivity index (χ4v) is 2.08. The summed E-state index contributed by atoms with van der Waals surface area (Å²) in [6, 6.07) is 0.500. The van der Waals surface area contributed by atoms with Crippen molar-refractivity contribution in [1.29, 1.82) is 0 Å². The second kappa shape index (κ2) is 5.71. The highest BCUT2D eigenvalue weighted by atomic mass is 35.5. The summed E-state index contributed by atoms with van der Waals surface area (Å²) in [7, 11) is 0. The van der Waals surface area contributed by atoms with Crippen LogP contribution in [0.2, 0.25) is 0 Å². The fraction of sp³-hybridized carbons (Fsp3) is 0.909. The molecule has 2 fully saturated rings. The average molecular weight is 233 g/mol. The summed E-state index contributed by atoms with van der Waals surface area (Å²) in [6.07, 6.45) is 4.61. The van der Waals surface area contributed by atoms with Crippen molar-refractivity contribution in [1.82, 2.24) is 10.6 Å². The van der Waals surface area contributed by atoms with Crippen molar-refractivity contribution in [3.63, 3.8) is 0 Å². The summed E-state index contributed by atoms with van der Waals surface area (Å²) in [4.78, 5) is 11.7. The molecule has 2 aliphatic rings. The standard InChI is InChI=1S/C11H20N2O.ClH/c1-8-6-10(4-5-12-8)11(14)13-7-9-2-3-9;/h8-10,12H,2-7H2,1H3,(H,13,14);1H/t8-,10-;/m0./s1. The van der Waals surface area contributed by atoms with Crippen molar-refractivity contribution >= 4 is 18.3 Å². The maximum absolute atomic E-state index is 11.7. The molecule has 1 aliphatic heterocycles. The molecule has 15 heavy (non-hydrogen) atoms. The van der Waals surface area contributed by atoms with Crippen molar-refractivity contribution in [3.05, 3.63) is 0 Å². The predicted octanol–water partition coefficient (Wildman–Crippen LogP) is 1.32. The van der Waals surface area contributed by atoms with E-state index in [4.69, 9.17) is 0 Å². The molecule has 88 valence electrons. The molecular formula is C11H21ClN2O. The highest BCUT2D eigenvalue weighted by Crippen LogP contribution is 2.27. The minimum Gasteiger partial charge on any atom is -0.356 e. The van der Waals surface area contributed by atoms with Crippen molar-refractivity contribution < 1.29 is 4.79 Å². The zero-order valence-electron chi connectivity index (χ0n) is 9.29. The number of hydrogen-bond acceptors (Lipinski definition) is 2. The summed E-state index contributed by atoms with van der Waals surface area (Å²) in [6.45, 7) is 4.06. The lowest BCUT2D eigenvalue weighted by molar-refractivity contribution is -0.126. The van der Waals surface area contributed by atoms with Gasteiger partial charge in [-0.15, -0.1) is 12.4 Å². The molecule has 0 aromatic heterocycles. The summed E-state index contributed by atoms with van der Waals surface area (Å²) in [5.41, 5.74) is 0. The quantitative estimate of drug-likeness (QED) is 0.771. The van der Waals surface area contributed by atoms with Gasteiger partial charge in [0.25, 0.3) is 0 Å². The minimum atomic E-state index is 0. The van der Waals surface area contributed by atoms with Crippen LogP contribution in [0.15, 0.2) is 0 Å². The first-order valence-electron chi connectivity index (χ1n) is 5.77. The largest absolute Gasteiger partial charge is 0.356 e. The first kappa shape index (κ1) is 12.8. The summed E-state index contributed by atoms with van der Waals surface area (Å²) < 4.78 is 0. The lowest BCUT2D eigenvalue weighted by Gasteiger charge is -2.27. The number of nitrogens with one attached hydrogen (secondary N) is 2. The molecule has 1 saturated carbocycles. The predicted molar refractivity (Wildman–Crippen MR) is 63.2 cm³/mol. The summed E-state index contributed by atoms with van der Waals surface area (Å²) in [5, 5.41) is 6.43. The zero-order chi connectivity index (χ0) is 9.97. The van der Waals surface area contributed by atoms with Crippen LogP contribution in [-0.4, -0.2) is 25.0 Å². The number of hydrogen-bond donors (Lipinski definition) is 2. The van der Waals surface area contributed by atoms with E-state index < -0.39 is 0 Å². The Morgan fingerprint density at radius 2 is 2.13 bits per heavy atom. The summed E-state index contributed by atoms with van der Waals surface area (Å²) >= 11 is 0. The van der Waals surface area contributed by atoms with Gasteiger partial charge in [0, 0.05) is 18.5 Å². The van der Waals surface area contributed by atoms with Gasteiger partial charge in [-0.3, -0.25) is 4.79 Å². The van der Waals surface area contributed by atoms with Crippen LogP contribution in [0.5, 0.6) is 0 Å². The lowest BCUT2D eigenvalue weighted by atomic mass is 9.92. The van der Waals surface area contributed by atoms with Crippen molar-refractivity contribution in [2.45, 2.75) is 38.6 Å². The van der Waals surface area contributed by atoms with Crippen LogP contribution in [0.25, 0.3) is 0 Å². The Hall–Kier alpha value is -0.280. The normalized spacial score (nSPS) is 30.5. The second-order valence-corrected chi connectivity index (χ2v) is 4.76. The first-order valence-corrected chi connectivity index (χ1v) is 5.77. The molecule has 0 radical (unpaired) electrons. The lowest BCUT2D eigenvalue weighted by Crippen LogP contribution is -2.42. The Balaban J connectivity index is 0.00000112. The van der Waals surface area contributed by atoms with Gasteiger partial charge < -0.3 is 10.6 Å². The van der Waals surface area contributed by atoms with E-state index in [0.717, 1.165) is 31.8 Å². The molecule has 1 heterocycles. The molecule has 0 unspecified atom stereocenters. The van der Waals surface area contributed by atoms with Crippen molar-refractivity contribution in [3.8, 4) is 0 Å². The van der Waals surface area contributed by atoms with Crippen LogP contribution in [0.4, 0.5) is 0 Å². The molecule has 2 atom stereocenters. The van der Waals surface area contributed by atoms with Gasteiger partial charge in [0.1, 0.15) is 0 Å². The van der Waals surface area contributed by atoms with Crippen molar-refractivity contribution in [2.24, 2.45) is 11.8 Å². The maximum Gasteiger partial charge on any atom is 0.223 e. The van der Waals surface area contributed by atoms with Gasteiger partial charge in [-0.25, -0.2) is 0 Å². The second-order valence-electron chi connectivity index (χ2n) is 4.76. The van der Waals surface area contributed by atoms with E-state index in [-0.39, 0.29) is 24.2 Å². The number of amides is 1. The third kappa shape index (κ3) is 3.99. The molecule has 0 aromatic carbocycles. The number of rotatable bonds is 3. The molecule has 1 saturated heterocycles. The monoisotopic (exact) mass is 232 g/mol. The molecule has 2 N–H and O–H groups in total. The van der Waals surface area contributed by atoms with Crippen LogP contribution >= 0.6 is 12.4 Å². The Morgan fingerprint density at radius 1 is 1.40 bits per heavy atom. The van der Waals surface area contributed by atoms with E-state index in [1.165, 1.54) is 12.8 Å². The SMILES string of the molecule is C[C@H]1C[C@@H](C(=O)NCC2CC2)CCN1.Cl. The maximum atomic E-state index is 11.7. The number of piperidine rings is 1. The fourth-order valence-electron chi connectivity index (χ4n) is 2.08. The van der Waals surface area contributed by atoms with Crippen LogP contribution in [-0.2, 0) is 4.79 Å². The molecule has 1 amide bonds. The van der Waals surface area contributed by atoms with Gasteiger partial charge in [0.05, 0.1) is 0 Å². The van der Waals surface area contributed by atoms with E-state index in [9.17, 15) is 4.79 Å². The van der Waals surface area contributed by atoms with Gasteiger partial charge >= 0.3 is 0 Å². The van der Waals surface area contributed by atoms with Gasteiger partial charge in [0.2, 0.25) is 5.91 Å². The van der Waals surface area contributed by atoms with E-state index >= 15 is 0 Å². The number of halogens is 1. The third-order valence-corrected chi connectivity index (χ3v) is 3.26. The molecule has 0 bridgehead atoms. The van der Waals surface area contributed by atoms with Crippen LogP contribution in [0.3, 0.4) is 0 Å².